The lowest BCUT2D eigenvalue weighted by molar-refractivity contribution is 0.0496. The highest BCUT2D eigenvalue weighted by molar-refractivity contribution is 5.92. The summed E-state index contributed by atoms with van der Waals surface area (Å²) in [7, 11) is 0. The van der Waals surface area contributed by atoms with E-state index in [2.05, 4.69) is 20.8 Å². The second kappa shape index (κ2) is 14.4. The molecule has 0 aromatic heterocycles. The maximum atomic E-state index is 12.6. The van der Waals surface area contributed by atoms with Gasteiger partial charge in [0.2, 0.25) is 0 Å². The normalized spacial score (nSPS) is 10.7. The Morgan fingerprint density at radius 3 is 1.93 bits per heavy atom. The summed E-state index contributed by atoms with van der Waals surface area (Å²) in [6, 6.07) is 3.70. The van der Waals surface area contributed by atoms with E-state index in [-0.39, 0.29) is 5.97 Å². The van der Waals surface area contributed by atoms with Crippen molar-refractivity contribution in [3.05, 3.63) is 23.3 Å². The van der Waals surface area contributed by atoms with Crippen molar-refractivity contribution in [2.24, 2.45) is 0 Å². The van der Waals surface area contributed by atoms with Crippen LogP contribution in [0, 0.1) is 6.92 Å². The quantitative estimate of drug-likeness (QED) is 0.259. The van der Waals surface area contributed by atoms with Crippen LogP contribution in [0.4, 0.5) is 0 Å². The van der Waals surface area contributed by atoms with Gasteiger partial charge in [-0.3, -0.25) is 0 Å². The van der Waals surface area contributed by atoms with Crippen LogP contribution < -0.4 is 9.47 Å². The topological polar surface area (TPSA) is 44.8 Å². The lowest BCUT2D eigenvalue weighted by atomic mass is 10.1. The number of ether oxygens (including phenoxy) is 3. The molecule has 0 unspecified atom stereocenters. The molecule has 0 bridgehead atoms. The van der Waals surface area contributed by atoms with E-state index in [1.165, 1.54) is 0 Å². The minimum atomic E-state index is -0.291. The Bertz CT molecular complexity index is 539. The Morgan fingerprint density at radius 2 is 1.33 bits per heavy atom. The van der Waals surface area contributed by atoms with E-state index < -0.39 is 0 Å². The van der Waals surface area contributed by atoms with Crippen LogP contribution >= 0.6 is 0 Å². The van der Waals surface area contributed by atoms with Crippen molar-refractivity contribution in [1.29, 1.82) is 0 Å². The Labute approximate surface area is 165 Å². The molecule has 0 spiro atoms. The summed E-state index contributed by atoms with van der Waals surface area (Å²) in [6.45, 7) is 10.1. The standard InChI is InChI=1S/C23H38O4/c1-5-8-11-14-25-20-17-21(23(24)27-16-13-10-7-3)19(4)22(18-20)26-15-12-9-6-2/h17-18H,5-16H2,1-4H3. The molecule has 154 valence electrons. The summed E-state index contributed by atoms with van der Waals surface area (Å²) in [4.78, 5) is 12.6. The number of carbonyl (C=O) groups excluding carboxylic acids is 1. The van der Waals surface area contributed by atoms with Gasteiger partial charge in [0.05, 0.1) is 25.4 Å². The molecule has 1 aromatic rings. The van der Waals surface area contributed by atoms with Crippen molar-refractivity contribution < 1.29 is 19.0 Å². The van der Waals surface area contributed by atoms with Crippen LogP contribution in [0.1, 0.15) is 94.5 Å². The highest BCUT2D eigenvalue weighted by atomic mass is 16.5. The smallest absolute Gasteiger partial charge is 0.338 e. The molecule has 4 heteroatoms. The number of carbonyl (C=O) groups is 1. The first kappa shape index (κ1) is 23.3. The van der Waals surface area contributed by atoms with Gasteiger partial charge < -0.3 is 14.2 Å². The fourth-order valence-corrected chi connectivity index (χ4v) is 2.78. The van der Waals surface area contributed by atoms with Gasteiger partial charge in [0.25, 0.3) is 0 Å². The minimum absolute atomic E-state index is 0.291. The van der Waals surface area contributed by atoms with Gasteiger partial charge in [-0.05, 0) is 32.3 Å². The van der Waals surface area contributed by atoms with Crippen LogP contribution in [0.25, 0.3) is 0 Å². The Balaban J connectivity index is 2.84. The number of benzene rings is 1. The monoisotopic (exact) mass is 378 g/mol. The van der Waals surface area contributed by atoms with Crippen molar-refractivity contribution in [2.75, 3.05) is 19.8 Å². The molecule has 0 heterocycles. The van der Waals surface area contributed by atoms with Crippen LogP contribution in [0.2, 0.25) is 0 Å². The zero-order valence-electron chi connectivity index (χ0n) is 17.8. The number of hydrogen-bond donors (Lipinski definition) is 0. The Morgan fingerprint density at radius 1 is 0.778 bits per heavy atom. The number of unbranched alkanes of at least 4 members (excludes halogenated alkanes) is 6. The predicted octanol–water partition coefficient (Wildman–Crippen LogP) is 6.48. The molecule has 0 atom stereocenters. The molecule has 0 aliphatic heterocycles. The third kappa shape index (κ3) is 9.16. The highest BCUT2D eigenvalue weighted by Crippen LogP contribution is 2.29. The Kier molecular flexibility index (Phi) is 12.4. The first-order chi connectivity index (χ1) is 13.1. The van der Waals surface area contributed by atoms with Crippen LogP contribution in [-0.4, -0.2) is 25.8 Å². The average molecular weight is 379 g/mol. The fourth-order valence-electron chi connectivity index (χ4n) is 2.78. The molecule has 0 saturated heterocycles. The summed E-state index contributed by atoms with van der Waals surface area (Å²) in [6.07, 6.45) is 9.66. The summed E-state index contributed by atoms with van der Waals surface area (Å²) in [5, 5.41) is 0. The molecule has 0 N–H and O–H groups in total. The molecule has 1 aromatic carbocycles. The molecule has 0 aliphatic carbocycles. The molecule has 4 nitrogen and oxygen atoms in total. The van der Waals surface area contributed by atoms with Crippen LogP contribution in [-0.2, 0) is 4.74 Å². The number of esters is 1. The molecule has 0 fully saturated rings. The largest absolute Gasteiger partial charge is 0.493 e. The van der Waals surface area contributed by atoms with Gasteiger partial charge in [0, 0.05) is 11.6 Å². The molecular weight excluding hydrogens is 340 g/mol. The fraction of sp³-hybridized carbons (Fsp3) is 0.696. The summed E-state index contributed by atoms with van der Waals surface area (Å²) in [5.74, 6) is 1.11. The van der Waals surface area contributed by atoms with E-state index in [9.17, 15) is 4.79 Å². The van der Waals surface area contributed by atoms with E-state index in [0.717, 1.165) is 69.1 Å². The average Bonchev–Trinajstić information content (AvgIpc) is 2.67. The molecule has 0 radical (unpaired) electrons. The van der Waals surface area contributed by atoms with Gasteiger partial charge in [-0.2, -0.15) is 0 Å². The molecule has 1 rings (SSSR count). The summed E-state index contributed by atoms with van der Waals surface area (Å²) in [5.41, 5.74) is 1.37. The first-order valence-electron chi connectivity index (χ1n) is 10.7. The first-order valence-corrected chi connectivity index (χ1v) is 10.7. The second-order valence-electron chi connectivity index (χ2n) is 7.05. The van der Waals surface area contributed by atoms with Crippen LogP contribution in [0.5, 0.6) is 11.5 Å². The van der Waals surface area contributed by atoms with E-state index in [1.54, 1.807) is 6.07 Å². The van der Waals surface area contributed by atoms with Gasteiger partial charge in [0.1, 0.15) is 11.5 Å². The van der Waals surface area contributed by atoms with Gasteiger partial charge in [-0.1, -0.05) is 59.3 Å². The van der Waals surface area contributed by atoms with Gasteiger partial charge in [-0.25, -0.2) is 4.79 Å². The minimum Gasteiger partial charge on any atom is -0.493 e. The van der Waals surface area contributed by atoms with E-state index in [1.807, 2.05) is 13.0 Å². The van der Waals surface area contributed by atoms with Gasteiger partial charge in [0.15, 0.2) is 0 Å². The van der Waals surface area contributed by atoms with Crippen molar-refractivity contribution in [1.82, 2.24) is 0 Å². The third-order valence-corrected chi connectivity index (χ3v) is 4.56. The second-order valence-corrected chi connectivity index (χ2v) is 7.05. The maximum absolute atomic E-state index is 12.6. The summed E-state index contributed by atoms with van der Waals surface area (Å²) >= 11 is 0. The maximum Gasteiger partial charge on any atom is 0.338 e. The van der Waals surface area contributed by atoms with E-state index >= 15 is 0 Å². The molecule has 0 saturated carbocycles. The lowest BCUT2D eigenvalue weighted by Crippen LogP contribution is -2.11. The molecular formula is C23H38O4. The lowest BCUT2D eigenvalue weighted by Gasteiger charge is -2.16. The zero-order chi connectivity index (χ0) is 19.9. The van der Waals surface area contributed by atoms with Crippen molar-refractivity contribution in [2.45, 2.75) is 85.5 Å². The van der Waals surface area contributed by atoms with E-state index in [0.29, 0.717) is 31.1 Å². The van der Waals surface area contributed by atoms with Crippen molar-refractivity contribution in [3.63, 3.8) is 0 Å². The third-order valence-electron chi connectivity index (χ3n) is 4.56. The van der Waals surface area contributed by atoms with Crippen molar-refractivity contribution >= 4 is 5.97 Å². The SMILES string of the molecule is CCCCCOC(=O)c1cc(OCCCCC)cc(OCCCCC)c1C. The van der Waals surface area contributed by atoms with Crippen LogP contribution in [0.15, 0.2) is 12.1 Å². The molecule has 0 amide bonds. The van der Waals surface area contributed by atoms with Gasteiger partial charge in [-0.15, -0.1) is 0 Å². The molecule has 0 aliphatic rings. The zero-order valence-corrected chi connectivity index (χ0v) is 17.8. The number of rotatable bonds is 15. The van der Waals surface area contributed by atoms with Crippen molar-refractivity contribution in [3.8, 4) is 11.5 Å². The summed E-state index contributed by atoms with van der Waals surface area (Å²) < 4.78 is 17.3. The van der Waals surface area contributed by atoms with Crippen LogP contribution in [0.3, 0.4) is 0 Å². The number of hydrogen-bond acceptors (Lipinski definition) is 4. The molecule has 27 heavy (non-hydrogen) atoms. The van der Waals surface area contributed by atoms with Gasteiger partial charge >= 0.3 is 5.97 Å². The predicted molar refractivity (Wildman–Crippen MR) is 111 cm³/mol. The van der Waals surface area contributed by atoms with E-state index in [4.69, 9.17) is 14.2 Å². The highest BCUT2D eigenvalue weighted by Gasteiger charge is 2.17. The Hall–Kier alpha value is -1.71.